The molecule has 3 aromatic rings. The van der Waals surface area contributed by atoms with Crippen molar-refractivity contribution in [3.05, 3.63) is 60.2 Å². The maximum atomic E-state index is 12.3. The molecule has 0 bridgehead atoms. The average molecular weight is 323 g/mol. The van der Waals surface area contributed by atoms with E-state index >= 15 is 0 Å². The highest BCUT2D eigenvalue weighted by atomic mass is 32.1. The molecule has 0 spiro atoms. The summed E-state index contributed by atoms with van der Waals surface area (Å²) in [4.78, 5) is 22.1. The van der Waals surface area contributed by atoms with Crippen molar-refractivity contribution in [3.63, 3.8) is 0 Å². The molecule has 1 N–H and O–H groups in total. The Labute approximate surface area is 136 Å². The minimum atomic E-state index is -0.262. The normalized spacial score (nSPS) is 16.9. The van der Waals surface area contributed by atoms with Crippen LogP contribution in [0.1, 0.15) is 18.1 Å². The quantitative estimate of drug-likeness (QED) is 0.798. The molecule has 4 rings (SSSR count). The van der Waals surface area contributed by atoms with Crippen molar-refractivity contribution >= 4 is 38.3 Å². The third-order valence-electron chi connectivity index (χ3n) is 3.62. The van der Waals surface area contributed by atoms with E-state index in [1.807, 2.05) is 54.6 Å². The van der Waals surface area contributed by atoms with Crippen LogP contribution < -0.4 is 5.32 Å². The summed E-state index contributed by atoms with van der Waals surface area (Å²) in [6, 6.07) is 17.5. The number of carbonyl (C=O) groups excluding carboxylic acids is 1. The number of amides is 1. The molecule has 0 saturated carbocycles. The van der Waals surface area contributed by atoms with Gasteiger partial charge in [0.25, 0.3) is 5.91 Å². The van der Waals surface area contributed by atoms with Gasteiger partial charge in [-0.1, -0.05) is 59.0 Å². The number of hydrogen-bond donors (Lipinski definition) is 1. The van der Waals surface area contributed by atoms with Crippen LogP contribution in [0.2, 0.25) is 0 Å². The number of thiazole rings is 1. The first-order chi connectivity index (χ1) is 11.3. The molecule has 1 aliphatic rings. The Morgan fingerprint density at radius 2 is 1.91 bits per heavy atom. The van der Waals surface area contributed by atoms with Gasteiger partial charge in [0, 0.05) is 6.42 Å². The molecule has 114 valence electrons. The molecule has 23 heavy (non-hydrogen) atoms. The van der Waals surface area contributed by atoms with Crippen LogP contribution in [0.5, 0.6) is 0 Å². The van der Waals surface area contributed by atoms with Crippen LogP contribution in [0.4, 0.5) is 5.13 Å². The topological polar surface area (TPSA) is 63.6 Å². The Morgan fingerprint density at radius 1 is 1.13 bits per heavy atom. The summed E-state index contributed by atoms with van der Waals surface area (Å²) in [6.45, 7) is 0. The van der Waals surface area contributed by atoms with Crippen LogP contribution in [-0.2, 0) is 9.63 Å². The van der Waals surface area contributed by atoms with E-state index in [4.69, 9.17) is 4.84 Å². The second-order valence-corrected chi connectivity index (χ2v) is 6.22. The Bertz CT molecular complexity index is 856. The molecule has 2 heterocycles. The number of carbonyl (C=O) groups is 1. The van der Waals surface area contributed by atoms with Crippen LogP contribution in [0.25, 0.3) is 10.2 Å². The zero-order chi connectivity index (χ0) is 15.6. The molecule has 5 nitrogen and oxygen atoms in total. The number of fused-ring (bicyclic) bond motifs is 1. The summed E-state index contributed by atoms with van der Waals surface area (Å²) in [5.41, 5.74) is 2.27. The van der Waals surface area contributed by atoms with Gasteiger partial charge in [0.2, 0.25) is 0 Å². The van der Waals surface area contributed by atoms with Gasteiger partial charge in [-0.25, -0.2) is 4.98 Å². The van der Waals surface area contributed by atoms with Crippen LogP contribution in [0, 0.1) is 0 Å². The molecule has 1 amide bonds. The fraction of sp³-hybridized carbons (Fsp3) is 0.118. The van der Waals surface area contributed by atoms with Crippen LogP contribution in [0.15, 0.2) is 59.8 Å². The summed E-state index contributed by atoms with van der Waals surface area (Å²) in [5, 5.41) is 7.30. The largest absolute Gasteiger partial charge is 0.387 e. The number of oxime groups is 1. The summed E-state index contributed by atoms with van der Waals surface area (Å²) in [7, 11) is 0. The van der Waals surface area contributed by atoms with Crippen molar-refractivity contribution in [2.75, 3.05) is 5.32 Å². The number of anilines is 1. The van der Waals surface area contributed by atoms with E-state index in [2.05, 4.69) is 15.5 Å². The van der Waals surface area contributed by atoms with Crippen LogP contribution in [0.3, 0.4) is 0 Å². The summed E-state index contributed by atoms with van der Waals surface area (Å²) in [5.74, 6) is -0.262. The molecule has 6 heteroatoms. The van der Waals surface area contributed by atoms with Crippen LogP contribution in [-0.4, -0.2) is 16.6 Å². The predicted molar refractivity (Wildman–Crippen MR) is 90.6 cm³/mol. The highest BCUT2D eigenvalue weighted by molar-refractivity contribution is 7.22. The Balaban J connectivity index is 1.45. The van der Waals surface area contributed by atoms with E-state index in [1.54, 1.807) is 0 Å². The van der Waals surface area contributed by atoms with Crippen molar-refractivity contribution in [3.8, 4) is 0 Å². The molecule has 2 aromatic carbocycles. The SMILES string of the molecule is O=C(Nc1nc2ccccc2s1)C1=NO[C@@H](c2ccccc2)C1. The molecule has 1 atom stereocenters. The van der Waals surface area contributed by atoms with Gasteiger partial charge in [0.15, 0.2) is 11.2 Å². The lowest BCUT2D eigenvalue weighted by Gasteiger charge is -2.07. The number of rotatable bonds is 3. The zero-order valence-corrected chi connectivity index (χ0v) is 12.9. The summed E-state index contributed by atoms with van der Waals surface area (Å²) in [6.07, 6.45) is 0.258. The number of aromatic nitrogens is 1. The molecule has 0 fully saturated rings. The van der Waals surface area contributed by atoms with Crippen molar-refractivity contribution in [2.45, 2.75) is 12.5 Å². The molecule has 0 saturated heterocycles. The first-order valence-electron chi connectivity index (χ1n) is 7.24. The number of benzene rings is 2. The van der Waals surface area contributed by atoms with Gasteiger partial charge in [-0.05, 0) is 17.7 Å². The minimum absolute atomic E-state index is 0.202. The second-order valence-electron chi connectivity index (χ2n) is 5.19. The maximum Gasteiger partial charge on any atom is 0.275 e. The Kier molecular flexibility index (Phi) is 3.51. The number of nitrogens with one attached hydrogen (secondary N) is 1. The number of para-hydroxylation sites is 1. The number of hydrogen-bond acceptors (Lipinski definition) is 5. The van der Waals surface area contributed by atoms with E-state index in [9.17, 15) is 4.79 Å². The third kappa shape index (κ3) is 2.80. The molecule has 0 aliphatic carbocycles. The third-order valence-corrected chi connectivity index (χ3v) is 4.57. The van der Waals surface area contributed by atoms with Gasteiger partial charge in [0.05, 0.1) is 10.2 Å². The van der Waals surface area contributed by atoms with Crippen molar-refractivity contribution in [2.24, 2.45) is 5.16 Å². The second kappa shape index (κ2) is 5.81. The first kappa shape index (κ1) is 13.9. The fourth-order valence-electron chi connectivity index (χ4n) is 2.45. The van der Waals surface area contributed by atoms with Gasteiger partial charge in [-0.3, -0.25) is 10.1 Å². The lowest BCUT2D eigenvalue weighted by atomic mass is 10.0. The molecule has 0 radical (unpaired) electrons. The smallest absolute Gasteiger partial charge is 0.275 e. The molecule has 1 aromatic heterocycles. The Morgan fingerprint density at radius 3 is 2.74 bits per heavy atom. The van der Waals surface area contributed by atoms with Gasteiger partial charge in [0.1, 0.15) is 5.71 Å². The fourth-order valence-corrected chi connectivity index (χ4v) is 3.31. The van der Waals surface area contributed by atoms with Gasteiger partial charge < -0.3 is 4.84 Å². The van der Waals surface area contributed by atoms with Gasteiger partial charge in [-0.2, -0.15) is 0 Å². The summed E-state index contributed by atoms with van der Waals surface area (Å²) < 4.78 is 1.04. The lowest BCUT2D eigenvalue weighted by Crippen LogP contribution is -2.21. The highest BCUT2D eigenvalue weighted by Crippen LogP contribution is 2.29. The van der Waals surface area contributed by atoms with E-state index < -0.39 is 0 Å². The highest BCUT2D eigenvalue weighted by Gasteiger charge is 2.27. The predicted octanol–water partition coefficient (Wildman–Crippen LogP) is 3.75. The molecular formula is C17H13N3O2S. The van der Waals surface area contributed by atoms with E-state index in [0.29, 0.717) is 17.3 Å². The first-order valence-corrected chi connectivity index (χ1v) is 8.06. The van der Waals surface area contributed by atoms with Gasteiger partial charge >= 0.3 is 0 Å². The monoisotopic (exact) mass is 323 g/mol. The van der Waals surface area contributed by atoms with E-state index in [0.717, 1.165) is 15.8 Å². The summed E-state index contributed by atoms with van der Waals surface area (Å²) >= 11 is 1.44. The van der Waals surface area contributed by atoms with Gasteiger partial charge in [-0.15, -0.1) is 0 Å². The van der Waals surface area contributed by atoms with Crippen LogP contribution >= 0.6 is 11.3 Å². The average Bonchev–Trinajstić information content (AvgIpc) is 3.22. The molecule has 0 unspecified atom stereocenters. The minimum Gasteiger partial charge on any atom is -0.387 e. The zero-order valence-electron chi connectivity index (χ0n) is 12.1. The number of nitrogens with zero attached hydrogens (tertiary/aromatic N) is 2. The molecule has 1 aliphatic heterocycles. The standard InChI is InChI=1S/C17H13N3O2S/c21-16(19-17-18-12-8-4-5-9-15(12)23-17)13-10-14(22-20-13)11-6-2-1-3-7-11/h1-9,14H,10H2,(H,18,19,21)/t14-/m1/s1. The van der Waals surface area contributed by atoms with E-state index in [1.165, 1.54) is 11.3 Å². The van der Waals surface area contributed by atoms with Crippen molar-refractivity contribution in [1.82, 2.24) is 4.98 Å². The van der Waals surface area contributed by atoms with Crippen molar-refractivity contribution in [1.29, 1.82) is 0 Å². The van der Waals surface area contributed by atoms with E-state index in [-0.39, 0.29) is 12.0 Å². The molecular weight excluding hydrogens is 310 g/mol. The maximum absolute atomic E-state index is 12.3. The van der Waals surface area contributed by atoms with Crippen molar-refractivity contribution < 1.29 is 9.63 Å². The Hall–Kier alpha value is -2.73. The lowest BCUT2D eigenvalue weighted by molar-refractivity contribution is -0.110.